The molecule has 0 aliphatic carbocycles. The standard InChI is InChI=1S/C14H16N4O/c1-10-13(12-5-3-11(9-15)4-6-12)17-18(14(10)16)7-8-19-2/h3-6H,7-8,16H2,1-2H3. The summed E-state index contributed by atoms with van der Waals surface area (Å²) in [5, 5.41) is 13.3. The third-order valence-corrected chi connectivity index (χ3v) is 3.03. The predicted molar refractivity (Wildman–Crippen MR) is 73.4 cm³/mol. The maximum Gasteiger partial charge on any atom is 0.125 e. The maximum atomic E-state index is 8.80. The van der Waals surface area contributed by atoms with Crippen molar-refractivity contribution in [3.8, 4) is 17.3 Å². The van der Waals surface area contributed by atoms with Gasteiger partial charge in [0.2, 0.25) is 0 Å². The van der Waals surface area contributed by atoms with Crippen molar-refractivity contribution >= 4 is 5.82 Å². The Morgan fingerprint density at radius 2 is 2.05 bits per heavy atom. The molecule has 0 atom stereocenters. The topological polar surface area (TPSA) is 76.9 Å². The summed E-state index contributed by atoms with van der Waals surface area (Å²) < 4.78 is 6.78. The van der Waals surface area contributed by atoms with E-state index in [1.54, 1.807) is 23.9 Å². The van der Waals surface area contributed by atoms with E-state index >= 15 is 0 Å². The third-order valence-electron chi connectivity index (χ3n) is 3.03. The van der Waals surface area contributed by atoms with Gasteiger partial charge in [0.25, 0.3) is 0 Å². The van der Waals surface area contributed by atoms with Crippen molar-refractivity contribution in [2.45, 2.75) is 13.5 Å². The molecule has 1 aromatic heterocycles. The molecular weight excluding hydrogens is 240 g/mol. The van der Waals surface area contributed by atoms with E-state index in [4.69, 9.17) is 15.7 Å². The Bertz CT molecular complexity index is 608. The van der Waals surface area contributed by atoms with Gasteiger partial charge in [0.1, 0.15) is 5.82 Å². The molecule has 0 bridgehead atoms. The van der Waals surface area contributed by atoms with E-state index < -0.39 is 0 Å². The average molecular weight is 256 g/mol. The minimum absolute atomic E-state index is 0.568. The Hall–Kier alpha value is -2.32. The third kappa shape index (κ3) is 2.59. The highest BCUT2D eigenvalue weighted by molar-refractivity contribution is 5.68. The molecule has 2 rings (SSSR count). The number of anilines is 1. The molecule has 0 saturated heterocycles. The van der Waals surface area contributed by atoms with Gasteiger partial charge in [-0.1, -0.05) is 12.1 Å². The molecule has 0 amide bonds. The summed E-state index contributed by atoms with van der Waals surface area (Å²) in [6.45, 7) is 3.14. The monoisotopic (exact) mass is 256 g/mol. The van der Waals surface area contributed by atoms with E-state index in [9.17, 15) is 0 Å². The largest absolute Gasteiger partial charge is 0.384 e. The van der Waals surface area contributed by atoms with Crippen molar-refractivity contribution in [3.05, 3.63) is 35.4 Å². The molecule has 0 radical (unpaired) electrons. The van der Waals surface area contributed by atoms with Gasteiger partial charge in [-0.25, -0.2) is 4.68 Å². The van der Waals surface area contributed by atoms with Crippen LogP contribution in [0.1, 0.15) is 11.1 Å². The summed E-state index contributed by atoms with van der Waals surface area (Å²) in [6.07, 6.45) is 0. The van der Waals surface area contributed by atoms with Crippen LogP contribution in [0.15, 0.2) is 24.3 Å². The summed E-state index contributed by atoms with van der Waals surface area (Å²) in [5.41, 5.74) is 9.41. The molecule has 5 nitrogen and oxygen atoms in total. The van der Waals surface area contributed by atoms with E-state index in [1.807, 2.05) is 19.1 Å². The molecule has 0 aliphatic heterocycles. The molecule has 5 heteroatoms. The van der Waals surface area contributed by atoms with Crippen molar-refractivity contribution in [1.29, 1.82) is 5.26 Å². The summed E-state index contributed by atoms with van der Waals surface area (Å²) in [4.78, 5) is 0. The van der Waals surface area contributed by atoms with Gasteiger partial charge in [0.05, 0.1) is 30.5 Å². The zero-order valence-corrected chi connectivity index (χ0v) is 11.1. The number of ether oxygens (including phenoxy) is 1. The second-order valence-electron chi connectivity index (χ2n) is 4.26. The summed E-state index contributed by atoms with van der Waals surface area (Å²) >= 11 is 0. The van der Waals surface area contributed by atoms with E-state index in [1.165, 1.54) is 0 Å². The lowest BCUT2D eigenvalue weighted by atomic mass is 10.1. The van der Waals surface area contributed by atoms with Gasteiger partial charge in [-0.2, -0.15) is 10.4 Å². The fraction of sp³-hybridized carbons (Fsp3) is 0.286. The van der Waals surface area contributed by atoms with Crippen LogP contribution in [0.25, 0.3) is 11.3 Å². The number of hydrogen-bond donors (Lipinski definition) is 1. The Kier molecular flexibility index (Phi) is 3.83. The summed E-state index contributed by atoms with van der Waals surface area (Å²) in [5.74, 6) is 0.649. The molecule has 19 heavy (non-hydrogen) atoms. The molecule has 0 aliphatic rings. The summed E-state index contributed by atoms with van der Waals surface area (Å²) in [6, 6.07) is 9.42. The van der Waals surface area contributed by atoms with E-state index in [-0.39, 0.29) is 0 Å². The Balaban J connectivity index is 2.36. The smallest absolute Gasteiger partial charge is 0.125 e. The molecule has 0 unspecified atom stereocenters. The lowest BCUT2D eigenvalue weighted by molar-refractivity contribution is 0.184. The van der Waals surface area contributed by atoms with Crippen LogP contribution in [0, 0.1) is 18.3 Å². The number of aromatic nitrogens is 2. The fourth-order valence-electron chi connectivity index (χ4n) is 1.89. The quantitative estimate of drug-likeness (QED) is 0.907. The Morgan fingerprint density at radius 3 is 2.63 bits per heavy atom. The molecule has 1 heterocycles. The van der Waals surface area contributed by atoms with Crippen LogP contribution in [0.2, 0.25) is 0 Å². The second kappa shape index (κ2) is 5.55. The highest BCUT2D eigenvalue weighted by atomic mass is 16.5. The Morgan fingerprint density at radius 1 is 1.37 bits per heavy atom. The van der Waals surface area contributed by atoms with Crippen LogP contribution in [0.4, 0.5) is 5.82 Å². The van der Waals surface area contributed by atoms with Gasteiger partial charge < -0.3 is 10.5 Å². The van der Waals surface area contributed by atoms with E-state index in [2.05, 4.69) is 11.2 Å². The molecule has 2 aromatic rings. The van der Waals surface area contributed by atoms with Crippen LogP contribution >= 0.6 is 0 Å². The first-order valence-corrected chi connectivity index (χ1v) is 5.99. The van der Waals surface area contributed by atoms with E-state index in [0.717, 1.165) is 16.8 Å². The second-order valence-corrected chi connectivity index (χ2v) is 4.26. The van der Waals surface area contributed by atoms with Crippen molar-refractivity contribution in [1.82, 2.24) is 9.78 Å². The van der Waals surface area contributed by atoms with Gasteiger partial charge in [-0.15, -0.1) is 0 Å². The predicted octanol–water partition coefficient (Wildman–Crippen LogP) is 1.96. The number of hydrogen-bond acceptors (Lipinski definition) is 4. The normalized spacial score (nSPS) is 10.4. The van der Waals surface area contributed by atoms with Crippen LogP contribution in [0.5, 0.6) is 0 Å². The van der Waals surface area contributed by atoms with Crippen LogP contribution in [-0.2, 0) is 11.3 Å². The van der Waals surface area contributed by atoms with Crippen molar-refractivity contribution in [2.75, 3.05) is 19.5 Å². The minimum Gasteiger partial charge on any atom is -0.384 e. The fourth-order valence-corrected chi connectivity index (χ4v) is 1.89. The number of rotatable bonds is 4. The zero-order chi connectivity index (χ0) is 13.8. The number of nitrogens with two attached hydrogens (primary N) is 1. The molecule has 2 N–H and O–H groups in total. The number of nitrogen functional groups attached to an aromatic ring is 1. The highest BCUT2D eigenvalue weighted by Crippen LogP contribution is 2.26. The van der Waals surface area contributed by atoms with Crippen molar-refractivity contribution in [3.63, 3.8) is 0 Å². The van der Waals surface area contributed by atoms with Crippen LogP contribution in [-0.4, -0.2) is 23.5 Å². The average Bonchev–Trinajstić information content (AvgIpc) is 2.73. The Labute approximate surface area is 112 Å². The maximum absolute atomic E-state index is 8.80. The van der Waals surface area contributed by atoms with Crippen LogP contribution in [0.3, 0.4) is 0 Å². The minimum atomic E-state index is 0.568. The molecule has 0 saturated carbocycles. The van der Waals surface area contributed by atoms with Crippen molar-refractivity contribution < 1.29 is 4.74 Å². The molecule has 1 aromatic carbocycles. The molecule has 98 valence electrons. The highest BCUT2D eigenvalue weighted by Gasteiger charge is 2.13. The number of nitrogens with zero attached hydrogens (tertiary/aromatic N) is 3. The number of benzene rings is 1. The van der Waals surface area contributed by atoms with Crippen molar-refractivity contribution in [2.24, 2.45) is 0 Å². The first kappa shape index (κ1) is 13.1. The van der Waals surface area contributed by atoms with Gasteiger partial charge in [-0.3, -0.25) is 0 Å². The molecular formula is C14H16N4O. The summed E-state index contributed by atoms with van der Waals surface area (Å²) in [7, 11) is 1.65. The van der Waals surface area contributed by atoms with E-state index in [0.29, 0.717) is 24.5 Å². The first-order valence-electron chi connectivity index (χ1n) is 5.99. The SMILES string of the molecule is COCCn1nc(-c2ccc(C#N)cc2)c(C)c1N. The number of methoxy groups -OCH3 is 1. The lowest BCUT2D eigenvalue weighted by Gasteiger charge is -2.02. The van der Waals surface area contributed by atoms with Crippen LogP contribution < -0.4 is 5.73 Å². The van der Waals surface area contributed by atoms with Gasteiger partial charge in [0.15, 0.2) is 0 Å². The molecule has 0 fully saturated rings. The number of nitriles is 1. The van der Waals surface area contributed by atoms with Gasteiger partial charge in [0, 0.05) is 18.2 Å². The molecule has 0 spiro atoms. The lowest BCUT2D eigenvalue weighted by Crippen LogP contribution is -2.09. The zero-order valence-electron chi connectivity index (χ0n) is 11.1. The van der Waals surface area contributed by atoms with Gasteiger partial charge >= 0.3 is 0 Å². The first-order chi connectivity index (χ1) is 9.17. The van der Waals surface area contributed by atoms with Gasteiger partial charge in [-0.05, 0) is 19.1 Å².